The Morgan fingerprint density at radius 1 is 1.00 bits per heavy atom. The van der Waals surface area contributed by atoms with Gasteiger partial charge in [-0.05, 0) is 48.9 Å². The van der Waals surface area contributed by atoms with Crippen LogP contribution >= 0.6 is 11.3 Å². The molecular weight excluding hydrogens is 460 g/mol. The Labute approximate surface area is 196 Å². The standard InChI is InChI=1S/C24H24N2O5S2/c1-16(20-13-18(30-2)9-12-22(20)31-3)25-33(28,29)19-10-11-21-23(14-19)32-24(27)26(21)15-17-7-5-4-6-8-17/h4-14,16,25H,15H2,1-3H3. The normalized spacial score (nSPS) is 12.6. The molecule has 4 rings (SSSR count). The maximum atomic E-state index is 13.1. The molecule has 7 nitrogen and oxygen atoms in total. The molecule has 0 amide bonds. The highest BCUT2D eigenvalue weighted by atomic mass is 32.2. The molecule has 1 heterocycles. The fourth-order valence-corrected chi connectivity index (χ4v) is 5.92. The average Bonchev–Trinajstić information content (AvgIpc) is 3.13. The second kappa shape index (κ2) is 9.38. The maximum absolute atomic E-state index is 13.1. The van der Waals surface area contributed by atoms with Crippen molar-refractivity contribution in [2.75, 3.05) is 14.2 Å². The van der Waals surface area contributed by atoms with E-state index in [1.807, 2.05) is 30.3 Å². The Bertz CT molecular complexity index is 1440. The third-order valence-electron chi connectivity index (χ3n) is 5.37. The fourth-order valence-electron chi connectivity index (χ4n) is 3.67. The molecule has 4 aromatic rings. The summed E-state index contributed by atoms with van der Waals surface area (Å²) in [4.78, 5) is 12.5. The van der Waals surface area contributed by atoms with Gasteiger partial charge in [0.15, 0.2) is 0 Å². The molecule has 1 N–H and O–H groups in total. The minimum absolute atomic E-state index is 0.0943. The first-order valence-corrected chi connectivity index (χ1v) is 12.5. The predicted octanol–water partition coefficient (Wildman–Crippen LogP) is 4.17. The van der Waals surface area contributed by atoms with Gasteiger partial charge in [-0.25, -0.2) is 13.1 Å². The third kappa shape index (κ3) is 4.80. The van der Waals surface area contributed by atoms with Gasteiger partial charge in [-0.15, -0.1) is 0 Å². The molecular formula is C24H24N2O5S2. The van der Waals surface area contributed by atoms with Crippen LogP contribution in [0, 0.1) is 0 Å². The van der Waals surface area contributed by atoms with Gasteiger partial charge in [0, 0.05) is 11.6 Å². The Balaban J connectivity index is 1.64. The number of sulfonamides is 1. The van der Waals surface area contributed by atoms with Crippen LogP contribution in [0.2, 0.25) is 0 Å². The van der Waals surface area contributed by atoms with Crippen LogP contribution in [-0.4, -0.2) is 27.2 Å². The van der Waals surface area contributed by atoms with Crippen LogP contribution in [0.1, 0.15) is 24.1 Å². The second-order valence-corrected chi connectivity index (χ2v) is 10.2. The zero-order valence-corrected chi connectivity index (χ0v) is 20.1. The largest absolute Gasteiger partial charge is 0.497 e. The van der Waals surface area contributed by atoms with Crippen LogP contribution in [0.25, 0.3) is 10.2 Å². The van der Waals surface area contributed by atoms with Crippen LogP contribution in [0.15, 0.2) is 76.4 Å². The average molecular weight is 485 g/mol. The number of rotatable bonds is 8. The summed E-state index contributed by atoms with van der Waals surface area (Å²) in [5, 5.41) is 0. The van der Waals surface area contributed by atoms with Crippen molar-refractivity contribution < 1.29 is 17.9 Å². The molecule has 9 heteroatoms. The van der Waals surface area contributed by atoms with E-state index in [-0.39, 0.29) is 9.77 Å². The third-order valence-corrected chi connectivity index (χ3v) is 7.85. The van der Waals surface area contributed by atoms with Crippen LogP contribution in [-0.2, 0) is 16.6 Å². The van der Waals surface area contributed by atoms with Crippen LogP contribution in [0.4, 0.5) is 0 Å². The highest BCUT2D eigenvalue weighted by Gasteiger charge is 2.22. The van der Waals surface area contributed by atoms with E-state index < -0.39 is 16.1 Å². The summed E-state index contributed by atoms with van der Waals surface area (Å²) < 4.78 is 41.9. The fraction of sp³-hybridized carbons (Fsp3) is 0.208. The van der Waals surface area contributed by atoms with Gasteiger partial charge >= 0.3 is 4.87 Å². The van der Waals surface area contributed by atoms with Crippen molar-refractivity contribution in [1.82, 2.24) is 9.29 Å². The molecule has 1 aromatic heterocycles. The predicted molar refractivity (Wildman–Crippen MR) is 130 cm³/mol. The van der Waals surface area contributed by atoms with E-state index in [0.29, 0.717) is 33.8 Å². The zero-order chi connectivity index (χ0) is 23.6. The lowest BCUT2D eigenvalue weighted by Crippen LogP contribution is -2.27. The van der Waals surface area contributed by atoms with E-state index in [2.05, 4.69) is 4.72 Å². The van der Waals surface area contributed by atoms with Gasteiger partial charge in [-0.3, -0.25) is 9.36 Å². The number of nitrogens with one attached hydrogen (secondary N) is 1. The molecule has 0 saturated heterocycles. The quantitative estimate of drug-likeness (QED) is 0.406. The first-order chi connectivity index (χ1) is 15.8. The lowest BCUT2D eigenvalue weighted by atomic mass is 10.1. The van der Waals surface area contributed by atoms with Gasteiger partial charge in [0.05, 0.1) is 35.9 Å². The molecule has 0 saturated carbocycles. The molecule has 1 unspecified atom stereocenters. The number of nitrogens with zero attached hydrogens (tertiary/aromatic N) is 1. The molecule has 0 bridgehead atoms. The number of ether oxygens (including phenoxy) is 2. The van der Waals surface area contributed by atoms with Gasteiger partial charge in [0.25, 0.3) is 0 Å². The Kier molecular flexibility index (Phi) is 6.55. The highest BCUT2D eigenvalue weighted by molar-refractivity contribution is 7.89. The van der Waals surface area contributed by atoms with Crippen LogP contribution < -0.4 is 19.1 Å². The van der Waals surface area contributed by atoms with Gasteiger partial charge in [0.1, 0.15) is 11.5 Å². The summed E-state index contributed by atoms with van der Waals surface area (Å²) in [5.74, 6) is 1.15. The summed E-state index contributed by atoms with van der Waals surface area (Å²) in [5.41, 5.74) is 2.36. The smallest absolute Gasteiger partial charge is 0.308 e. The van der Waals surface area contributed by atoms with Gasteiger partial charge < -0.3 is 9.47 Å². The zero-order valence-electron chi connectivity index (χ0n) is 18.4. The van der Waals surface area contributed by atoms with Gasteiger partial charge in [-0.2, -0.15) is 0 Å². The second-order valence-electron chi connectivity index (χ2n) is 7.52. The van der Waals surface area contributed by atoms with E-state index in [0.717, 1.165) is 16.9 Å². The van der Waals surface area contributed by atoms with Crippen molar-refractivity contribution >= 4 is 31.6 Å². The van der Waals surface area contributed by atoms with E-state index >= 15 is 0 Å². The number of aromatic nitrogens is 1. The number of methoxy groups -OCH3 is 2. The van der Waals surface area contributed by atoms with Crippen molar-refractivity contribution in [2.24, 2.45) is 0 Å². The minimum Gasteiger partial charge on any atom is -0.497 e. The molecule has 0 fully saturated rings. The van der Waals surface area contributed by atoms with E-state index in [1.165, 1.54) is 13.2 Å². The maximum Gasteiger partial charge on any atom is 0.308 e. The molecule has 0 aliphatic rings. The molecule has 0 aliphatic carbocycles. The van der Waals surface area contributed by atoms with Crippen LogP contribution in [0.5, 0.6) is 11.5 Å². The SMILES string of the molecule is COc1ccc(OC)c(C(C)NS(=O)(=O)c2ccc3c(c2)sc(=O)n3Cc2ccccc2)c1. The number of hydrogen-bond donors (Lipinski definition) is 1. The first kappa shape index (κ1) is 23.0. The topological polar surface area (TPSA) is 86.6 Å². The molecule has 0 spiro atoms. The molecule has 0 radical (unpaired) electrons. The Hall–Kier alpha value is -3.14. The summed E-state index contributed by atoms with van der Waals surface area (Å²) in [6.45, 7) is 2.17. The molecule has 0 aliphatic heterocycles. The monoisotopic (exact) mass is 484 g/mol. The van der Waals surface area contributed by atoms with Crippen molar-refractivity contribution in [3.05, 3.63) is 87.5 Å². The van der Waals surface area contributed by atoms with E-state index in [9.17, 15) is 13.2 Å². The first-order valence-electron chi connectivity index (χ1n) is 10.2. The van der Waals surface area contributed by atoms with Crippen LogP contribution in [0.3, 0.4) is 0 Å². The lowest BCUT2D eigenvalue weighted by Gasteiger charge is -2.18. The summed E-state index contributed by atoms with van der Waals surface area (Å²) in [6.07, 6.45) is 0. The summed E-state index contributed by atoms with van der Waals surface area (Å²) in [6, 6.07) is 19.1. The summed E-state index contributed by atoms with van der Waals surface area (Å²) >= 11 is 1.03. The number of fused-ring (bicyclic) bond motifs is 1. The number of benzene rings is 3. The lowest BCUT2D eigenvalue weighted by molar-refractivity contribution is 0.395. The molecule has 1 atom stereocenters. The number of thiazole rings is 1. The van der Waals surface area contributed by atoms with E-state index in [4.69, 9.17) is 9.47 Å². The van der Waals surface area contributed by atoms with Crippen molar-refractivity contribution in [2.45, 2.75) is 24.4 Å². The molecule has 3 aromatic carbocycles. The molecule has 33 heavy (non-hydrogen) atoms. The van der Waals surface area contributed by atoms with Gasteiger partial charge in [-0.1, -0.05) is 41.7 Å². The van der Waals surface area contributed by atoms with E-state index in [1.54, 1.807) is 48.9 Å². The van der Waals surface area contributed by atoms with Gasteiger partial charge in [0.2, 0.25) is 10.0 Å². The van der Waals surface area contributed by atoms with Crippen molar-refractivity contribution in [1.29, 1.82) is 0 Å². The number of hydrogen-bond acceptors (Lipinski definition) is 6. The molecule has 172 valence electrons. The van der Waals surface area contributed by atoms with Crippen molar-refractivity contribution in [3.8, 4) is 11.5 Å². The van der Waals surface area contributed by atoms with Crippen molar-refractivity contribution in [3.63, 3.8) is 0 Å². The summed E-state index contributed by atoms with van der Waals surface area (Å²) in [7, 11) is -0.780. The Morgan fingerprint density at radius 2 is 1.76 bits per heavy atom. The minimum atomic E-state index is -3.86. The highest BCUT2D eigenvalue weighted by Crippen LogP contribution is 2.31. The Morgan fingerprint density at radius 3 is 2.45 bits per heavy atom.